The highest BCUT2D eigenvalue weighted by Crippen LogP contribution is 2.32. The Bertz CT molecular complexity index is 3350. The van der Waals surface area contributed by atoms with Crippen molar-refractivity contribution in [3.05, 3.63) is 214 Å². The molecule has 0 unspecified atom stereocenters. The molecule has 6 aromatic carbocycles. The van der Waals surface area contributed by atoms with Crippen LogP contribution in [0, 0.1) is 0 Å². The van der Waals surface area contributed by atoms with Crippen LogP contribution in [0.5, 0.6) is 0 Å². The second-order valence-corrected chi connectivity index (χ2v) is 28.0. The summed E-state index contributed by atoms with van der Waals surface area (Å²) < 4.78 is 129. The normalized spacial score (nSPS) is 18.1. The highest BCUT2D eigenvalue weighted by atomic mass is 127. The molecule has 0 radical (unpaired) electrons. The molecule has 0 aliphatic carbocycles. The van der Waals surface area contributed by atoms with E-state index < -0.39 is 70.8 Å². The van der Waals surface area contributed by atoms with Gasteiger partial charge >= 0.3 is 30.7 Å². The first-order valence-corrected chi connectivity index (χ1v) is 34.3. The van der Waals surface area contributed by atoms with E-state index in [0.717, 1.165) is 143 Å². The van der Waals surface area contributed by atoms with Crippen LogP contribution in [0.25, 0.3) is 0 Å². The first-order chi connectivity index (χ1) is 47.7. The van der Waals surface area contributed by atoms with Crippen molar-refractivity contribution in [1.82, 2.24) is 40.4 Å². The molecule has 0 saturated carbocycles. The fourth-order valence-electron chi connectivity index (χ4n) is 11.6. The van der Waals surface area contributed by atoms with Crippen LogP contribution in [0.4, 0.5) is 49.1 Å². The highest BCUT2D eigenvalue weighted by Gasteiger charge is 2.36. The van der Waals surface area contributed by atoms with E-state index in [1.165, 1.54) is 17.7 Å². The number of amides is 2. The smallest absolute Gasteiger partial charge is 0.416 e. The van der Waals surface area contributed by atoms with Crippen molar-refractivity contribution in [3.8, 4) is 0 Å². The topological polar surface area (TPSA) is 184 Å². The summed E-state index contributed by atoms with van der Waals surface area (Å²) in [6.45, 7) is 24.4. The molecule has 10 rings (SSSR count). The molecular weight excluding hydrogens is 1450 g/mol. The predicted molar refractivity (Wildman–Crippen MR) is 388 cm³/mol. The average Bonchev–Trinajstić information content (AvgIpc) is 1.51. The summed E-state index contributed by atoms with van der Waals surface area (Å²) in [4.78, 5) is 35.2. The lowest BCUT2D eigenvalue weighted by atomic mass is 10.0. The van der Waals surface area contributed by atoms with E-state index in [1.54, 1.807) is 45.0 Å². The Morgan fingerprint density at radius 1 is 0.461 bits per heavy atom. The Labute approximate surface area is 611 Å². The van der Waals surface area contributed by atoms with E-state index in [9.17, 15) is 59.3 Å². The molecule has 0 bridgehead atoms. The number of β-amino-alcohol motifs (C(OH)–C–C–N with tert-alkyl or cyclic N) is 2. The minimum absolute atomic E-state index is 0. The number of benzene rings is 6. The monoisotopic (exact) mass is 1550 g/mol. The lowest BCUT2D eigenvalue weighted by Gasteiger charge is -2.37. The van der Waals surface area contributed by atoms with E-state index >= 15 is 0 Å². The number of nitrogens with zero attached hydrogens (tertiary/aromatic N) is 5. The van der Waals surface area contributed by atoms with Gasteiger partial charge < -0.3 is 46.1 Å². The maximum atomic E-state index is 12.8. The molecule has 6 atom stereocenters. The first-order valence-electron chi connectivity index (χ1n) is 34.3. The van der Waals surface area contributed by atoms with Gasteiger partial charge in [0, 0.05) is 117 Å². The summed E-state index contributed by atoms with van der Waals surface area (Å²) in [5.41, 5.74) is 9.13. The van der Waals surface area contributed by atoms with Gasteiger partial charge in [-0.1, -0.05) is 127 Å². The fraction of sp³-hybridized carbons (Fsp3) is 0.500. The van der Waals surface area contributed by atoms with Gasteiger partial charge in [-0.05, 0) is 131 Å². The molecule has 0 aromatic heterocycles. The summed E-state index contributed by atoms with van der Waals surface area (Å²) in [6.07, 6.45) is -13.3. The molecule has 26 heteroatoms. The molecule has 4 aliphatic heterocycles. The Morgan fingerprint density at radius 2 is 0.775 bits per heavy atom. The third kappa shape index (κ3) is 31.9. The quantitative estimate of drug-likeness (QED) is 0.0227. The molecule has 2 amide bonds. The number of aliphatic hydroxyl groups is 2. The number of carbonyl (C=O) groups excluding carboxylic acids is 2. The van der Waals surface area contributed by atoms with Gasteiger partial charge in [0.15, 0.2) is 0 Å². The molecule has 7 N–H and O–H groups in total. The zero-order chi connectivity index (χ0) is 73.4. The van der Waals surface area contributed by atoms with Gasteiger partial charge in [-0.15, -0.1) is 24.0 Å². The van der Waals surface area contributed by atoms with E-state index in [-0.39, 0.29) is 48.3 Å². The molecule has 4 heterocycles. The minimum Gasteiger partial charge on any atom is -0.444 e. The SMILES string of the molecule is CC(C)(C)OC(=O)N[C@@H](Cc1ccccc1)[C@@H]1CO1.CC(C)(C)OC(=O)N[C@@H](Cc1ccccc1)[C@H](O)CN1CCN(Cc2ccc(C(F)(F)F)cc2)CC1.FC(F)(F)c1ccc(CN2CCNCC2)cc1.I.N[C@@H](Cc1ccccc1)[C@H](O)CN1CCN(Cc2ccc(C(F)(F)F)cc2)CC1. The van der Waals surface area contributed by atoms with Crippen molar-refractivity contribution in [1.29, 1.82) is 0 Å². The molecule has 4 fully saturated rings. The number of halogens is 10. The van der Waals surface area contributed by atoms with Gasteiger partial charge in [0.1, 0.15) is 17.3 Å². The lowest BCUT2D eigenvalue weighted by molar-refractivity contribution is -0.138. The van der Waals surface area contributed by atoms with Crippen LogP contribution in [0.15, 0.2) is 164 Å². The first kappa shape index (κ1) is 84.5. The molecule has 4 saturated heterocycles. The van der Waals surface area contributed by atoms with Gasteiger partial charge in [0.2, 0.25) is 0 Å². The van der Waals surface area contributed by atoms with E-state index in [4.69, 9.17) is 19.9 Å². The number of hydrogen-bond donors (Lipinski definition) is 6. The van der Waals surface area contributed by atoms with Crippen LogP contribution in [0.1, 0.15) is 91.6 Å². The number of hydrogen-bond acceptors (Lipinski definition) is 14. The van der Waals surface area contributed by atoms with Crippen molar-refractivity contribution < 1.29 is 73.5 Å². The summed E-state index contributed by atoms with van der Waals surface area (Å²) in [5, 5.41) is 30.5. The van der Waals surface area contributed by atoms with Crippen LogP contribution in [-0.4, -0.2) is 193 Å². The zero-order valence-electron chi connectivity index (χ0n) is 59.0. The summed E-state index contributed by atoms with van der Waals surface area (Å²) in [5.74, 6) is 0. The fourth-order valence-corrected chi connectivity index (χ4v) is 11.6. The maximum Gasteiger partial charge on any atom is 0.416 e. The molecule has 102 heavy (non-hydrogen) atoms. The molecule has 562 valence electrons. The molecule has 4 aliphatic rings. The number of alkyl carbamates (subject to hydrolysis) is 2. The van der Waals surface area contributed by atoms with E-state index in [2.05, 4.69) is 40.4 Å². The summed E-state index contributed by atoms with van der Waals surface area (Å²) in [6, 6.07) is 44.8. The average molecular weight is 1550 g/mol. The van der Waals surface area contributed by atoms with Crippen molar-refractivity contribution >= 4 is 36.2 Å². The number of epoxide rings is 1. The second-order valence-electron chi connectivity index (χ2n) is 28.0. The largest absolute Gasteiger partial charge is 0.444 e. The van der Waals surface area contributed by atoms with Gasteiger partial charge in [0.25, 0.3) is 0 Å². The Hall–Kier alpha value is -6.44. The molecule has 0 spiro atoms. The Morgan fingerprint density at radius 3 is 1.12 bits per heavy atom. The highest BCUT2D eigenvalue weighted by molar-refractivity contribution is 14.0. The van der Waals surface area contributed by atoms with Gasteiger partial charge in [-0.25, -0.2) is 9.59 Å². The van der Waals surface area contributed by atoms with Crippen LogP contribution in [0.3, 0.4) is 0 Å². The van der Waals surface area contributed by atoms with E-state index in [0.29, 0.717) is 58.7 Å². The number of nitrogens with two attached hydrogens (primary N) is 1. The number of nitrogens with one attached hydrogen (secondary N) is 3. The van der Waals surface area contributed by atoms with Gasteiger partial charge in [-0.3, -0.25) is 24.5 Å². The van der Waals surface area contributed by atoms with Crippen molar-refractivity contribution in [2.45, 2.75) is 147 Å². The maximum absolute atomic E-state index is 12.8. The number of carbonyl (C=O) groups is 2. The van der Waals surface area contributed by atoms with Crippen molar-refractivity contribution in [2.75, 3.05) is 98.2 Å². The minimum atomic E-state index is -4.33. The number of ether oxygens (including phenoxy) is 3. The van der Waals surface area contributed by atoms with E-state index in [1.807, 2.05) is 112 Å². The molecule has 16 nitrogen and oxygen atoms in total. The number of piperazine rings is 3. The van der Waals surface area contributed by atoms with Crippen molar-refractivity contribution in [3.63, 3.8) is 0 Å². The Balaban J connectivity index is 0.000000222. The van der Waals surface area contributed by atoms with Crippen LogP contribution in [0.2, 0.25) is 0 Å². The molecule has 6 aromatic rings. The number of rotatable bonds is 21. The summed E-state index contributed by atoms with van der Waals surface area (Å²) in [7, 11) is 0. The summed E-state index contributed by atoms with van der Waals surface area (Å²) >= 11 is 0. The lowest BCUT2D eigenvalue weighted by Crippen LogP contribution is -2.53. The third-order valence-electron chi connectivity index (χ3n) is 17.2. The van der Waals surface area contributed by atoms with Crippen molar-refractivity contribution in [2.24, 2.45) is 5.73 Å². The van der Waals surface area contributed by atoms with Crippen LogP contribution >= 0.6 is 24.0 Å². The third-order valence-corrected chi connectivity index (χ3v) is 17.2. The number of alkyl halides is 9. The van der Waals surface area contributed by atoms with Gasteiger partial charge in [0.05, 0.1) is 47.6 Å². The standard InChI is InChI=1S/C27H36F3N3O3.C22H28F3N3O.C15H21NO3.C12H15F3N2.HI/c1-26(2,3)36-25(35)31-23(17-20-7-5-4-6-8-20)24(34)19-33-15-13-32(14-16-33)18-21-9-11-22(12-10-21)27(28,29)30;23-22(24,25)19-8-6-18(7-9-19)15-27-10-12-28(13-11-27)16-21(29)20(26)14-17-4-2-1-3-5-17;1-15(2,3)19-14(17)16-12(13-10-18-13)9-11-7-5-4-6-8-11;13-12(14,15)11-3-1-10(2-4-11)9-17-7-5-16-6-8-17;/h4-12,23-24,34H,13-19H2,1-3H3,(H,31,35);1-9,20-21,29H,10-16,26H2;4-8,12-13H,9-10H2,1-3H3,(H,16,17);1-4,16H,5-9H2;1H/t23-,24+;20-,21+;12-,13-;;/m000../s1. The van der Waals surface area contributed by atoms with Gasteiger partial charge in [-0.2, -0.15) is 39.5 Å². The predicted octanol–water partition coefficient (Wildman–Crippen LogP) is 12.3. The van der Waals surface area contributed by atoms with Crippen LogP contribution in [-0.2, 0) is 71.6 Å². The number of aliphatic hydroxyl groups excluding tert-OH is 2. The zero-order valence-corrected chi connectivity index (χ0v) is 61.3. The van der Waals surface area contributed by atoms with Crippen LogP contribution < -0.4 is 21.7 Å². The Kier molecular flexibility index (Phi) is 33.3. The second kappa shape index (κ2) is 40.2. The molecular formula is C76H101F9IN9O7.